The van der Waals surface area contributed by atoms with Gasteiger partial charge in [0.05, 0.1) is 13.2 Å². The Labute approximate surface area is 116 Å². The van der Waals surface area contributed by atoms with Gasteiger partial charge in [-0.25, -0.2) is 0 Å². The Hall–Kier alpha value is -1.34. The number of thiophene rings is 1. The van der Waals surface area contributed by atoms with Gasteiger partial charge in [0, 0.05) is 4.88 Å². The maximum atomic E-state index is 8.95. The van der Waals surface area contributed by atoms with Gasteiger partial charge in [-0.05, 0) is 29.0 Å². The van der Waals surface area contributed by atoms with Crippen LogP contribution in [0.4, 0.5) is 0 Å². The molecule has 0 aliphatic heterocycles. The standard InChI is InChI=1S/C13H15BO4S/c15-14(16)11-3-5-12(6-4-11)18-8-7-17-10-13-2-1-9-19-13/h1-6,9,15-16H,7-8,10H2. The molecule has 0 amide bonds. The molecule has 0 saturated carbocycles. The first-order valence-electron chi connectivity index (χ1n) is 5.95. The Morgan fingerprint density at radius 3 is 2.47 bits per heavy atom. The van der Waals surface area contributed by atoms with Crippen LogP contribution in [0.5, 0.6) is 5.75 Å². The Kier molecular flexibility index (Phi) is 5.41. The summed E-state index contributed by atoms with van der Waals surface area (Å²) in [6, 6.07) is 10.7. The van der Waals surface area contributed by atoms with Crippen LogP contribution in [0.3, 0.4) is 0 Å². The van der Waals surface area contributed by atoms with Gasteiger partial charge >= 0.3 is 7.12 Å². The minimum absolute atomic E-state index is 0.446. The van der Waals surface area contributed by atoms with Gasteiger partial charge in [0.1, 0.15) is 12.4 Å². The van der Waals surface area contributed by atoms with Gasteiger partial charge in [0.15, 0.2) is 0 Å². The van der Waals surface area contributed by atoms with Crippen molar-refractivity contribution in [2.75, 3.05) is 13.2 Å². The number of ether oxygens (including phenoxy) is 2. The van der Waals surface area contributed by atoms with Gasteiger partial charge in [-0.1, -0.05) is 18.2 Å². The van der Waals surface area contributed by atoms with Crippen molar-refractivity contribution in [3.63, 3.8) is 0 Å². The molecule has 0 atom stereocenters. The molecule has 19 heavy (non-hydrogen) atoms. The summed E-state index contributed by atoms with van der Waals surface area (Å²) in [5.74, 6) is 0.684. The van der Waals surface area contributed by atoms with E-state index in [1.165, 1.54) is 4.88 Å². The predicted molar refractivity (Wildman–Crippen MR) is 75.7 cm³/mol. The molecule has 0 spiro atoms. The van der Waals surface area contributed by atoms with Gasteiger partial charge < -0.3 is 19.5 Å². The second kappa shape index (κ2) is 7.30. The minimum Gasteiger partial charge on any atom is -0.491 e. The summed E-state index contributed by atoms with van der Waals surface area (Å²) in [5.41, 5.74) is 0.446. The van der Waals surface area contributed by atoms with Crippen molar-refractivity contribution in [3.8, 4) is 5.75 Å². The summed E-state index contributed by atoms with van der Waals surface area (Å²) in [7, 11) is -1.44. The molecule has 4 nitrogen and oxygen atoms in total. The summed E-state index contributed by atoms with van der Waals surface area (Å²) < 4.78 is 10.9. The maximum Gasteiger partial charge on any atom is 0.488 e. The largest absolute Gasteiger partial charge is 0.491 e. The van der Waals surface area contributed by atoms with E-state index in [0.717, 1.165) is 0 Å². The highest BCUT2D eigenvalue weighted by molar-refractivity contribution is 7.09. The molecule has 1 heterocycles. The number of rotatable bonds is 7. The highest BCUT2D eigenvalue weighted by Gasteiger charge is 2.09. The summed E-state index contributed by atoms with van der Waals surface area (Å²) in [6.07, 6.45) is 0. The molecule has 0 bridgehead atoms. The van der Waals surface area contributed by atoms with Crippen molar-refractivity contribution in [1.82, 2.24) is 0 Å². The van der Waals surface area contributed by atoms with E-state index in [1.54, 1.807) is 35.6 Å². The third-order valence-corrected chi connectivity index (χ3v) is 3.35. The van der Waals surface area contributed by atoms with Crippen LogP contribution in [0.15, 0.2) is 41.8 Å². The van der Waals surface area contributed by atoms with Crippen LogP contribution in [0, 0.1) is 0 Å². The van der Waals surface area contributed by atoms with Gasteiger partial charge in [-0.15, -0.1) is 11.3 Å². The summed E-state index contributed by atoms with van der Waals surface area (Å²) >= 11 is 1.67. The van der Waals surface area contributed by atoms with E-state index in [4.69, 9.17) is 19.5 Å². The molecule has 2 N–H and O–H groups in total. The summed E-state index contributed by atoms with van der Waals surface area (Å²) in [4.78, 5) is 1.20. The van der Waals surface area contributed by atoms with Crippen molar-refractivity contribution in [2.45, 2.75) is 6.61 Å². The fourth-order valence-electron chi connectivity index (χ4n) is 1.52. The minimum atomic E-state index is -1.44. The lowest BCUT2D eigenvalue weighted by molar-refractivity contribution is 0.0905. The van der Waals surface area contributed by atoms with E-state index in [0.29, 0.717) is 31.0 Å². The monoisotopic (exact) mass is 278 g/mol. The molecule has 0 unspecified atom stereocenters. The van der Waals surface area contributed by atoms with Crippen LogP contribution < -0.4 is 10.2 Å². The normalized spacial score (nSPS) is 10.4. The zero-order valence-corrected chi connectivity index (χ0v) is 11.2. The molecular formula is C13H15BO4S. The Morgan fingerprint density at radius 1 is 1.05 bits per heavy atom. The molecule has 0 radical (unpaired) electrons. The third kappa shape index (κ3) is 4.68. The van der Waals surface area contributed by atoms with Gasteiger partial charge in [-0.2, -0.15) is 0 Å². The van der Waals surface area contributed by atoms with E-state index in [1.807, 2.05) is 17.5 Å². The smallest absolute Gasteiger partial charge is 0.488 e. The first-order valence-corrected chi connectivity index (χ1v) is 6.82. The van der Waals surface area contributed by atoms with E-state index >= 15 is 0 Å². The molecule has 100 valence electrons. The molecule has 0 saturated heterocycles. The quantitative estimate of drug-likeness (QED) is 0.586. The molecule has 2 aromatic rings. The number of hydrogen-bond acceptors (Lipinski definition) is 5. The predicted octanol–water partition coefficient (Wildman–Crippen LogP) is 1.02. The summed E-state index contributed by atoms with van der Waals surface area (Å²) in [6.45, 7) is 1.59. The number of hydrogen-bond donors (Lipinski definition) is 2. The first-order chi connectivity index (χ1) is 9.25. The van der Waals surface area contributed by atoms with E-state index in [9.17, 15) is 0 Å². The molecule has 6 heteroatoms. The molecule has 1 aromatic heterocycles. The summed E-state index contributed by atoms with van der Waals surface area (Å²) in [5, 5.41) is 19.9. The van der Waals surface area contributed by atoms with Crippen LogP contribution in [-0.2, 0) is 11.3 Å². The molecule has 0 aliphatic rings. The van der Waals surface area contributed by atoms with Crippen LogP contribution in [0.2, 0.25) is 0 Å². The molecule has 0 aliphatic carbocycles. The van der Waals surface area contributed by atoms with Crippen molar-refractivity contribution in [1.29, 1.82) is 0 Å². The molecule has 2 rings (SSSR count). The Morgan fingerprint density at radius 2 is 1.84 bits per heavy atom. The average molecular weight is 278 g/mol. The SMILES string of the molecule is OB(O)c1ccc(OCCOCc2cccs2)cc1. The lowest BCUT2D eigenvalue weighted by Gasteiger charge is -2.07. The Bertz CT molecular complexity index is 470. The molecule has 1 aromatic carbocycles. The first kappa shape index (κ1) is 14.1. The van der Waals surface area contributed by atoms with Crippen LogP contribution in [-0.4, -0.2) is 30.4 Å². The third-order valence-electron chi connectivity index (χ3n) is 2.50. The second-order valence-corrected chi connectivity index (χ2v) is 4.96. The zero-order valence-electron chi connectivity index (χ0n) is 10.4. The average Bonchev–Trinajstić information content (AvgIpc) is 2.92. The number of benzene rings is 1. The van der Waals surface area contributed by atoms with Gasteiger partial charge in [0.2, 0.25) is 0 Å². The van der Waals surface area contributed by atoms with E-state index < -0.39 is 7.12 Å². The van der Waals surface area contributed by atoms with Crippen LogP contribution in [0.1, 0.15) is 4.88 Å². The molecule has 0 fully saturated rings. The Balaban J connectivity index is 1.65. The van der Waals surface area contributed by atoms with Crippen LogP contribution >= 0.6 is 11.3 Å². The van der Waals surface area contributed by atoms with Crippen molar-refractivity contribution < 1.29 is 19.5 Å². The highest BCUT2D eigenvalue weighted by atomic mass is 32.1. The zero-order chi connectivity index (χ0) is 13.5. The van der Waals surface area contributed by atoms with E-state index in [2.05, 4.69) is 0 Å². The highest BCUT2D eigenvalue weighted by Crippen LogP contribution is 2.10. The maximum absolute atomic E-state index is 8.95. The fraction of sp³-hybridized carbons (Fsp3) is 0.231. The lowest BCUT2D eigenvalue weighted by atomic mass is 9.80. The van der Waals surface area contributed by atoms with Gasteiger partial charge in [-0.3, -0.25) is 0 Å². The topological polar surface area (TPSA) is 58.9 Å². The van der Waals surface area contributed by atoms with Crippen LogP contribution in [0.25, 0.3) is 0 Å². The second-order valence-electron chi connectivity index (χ2n) is 3.92. The lowest BCUT2D eigenvalue weighted by Crippen LogP contribution is -2.29. The van der Waals surface area contributed by atoms with Crippen molar-refractivity contribution in [2.24, 2.45) is 0 Å². The van der Waals surface area contributed by atoms with Crippen molar-refractivity contribution >= 4 is 23.9 Å². The van der Waals surface area contributed by atoms with Gasteiger partial charge in [0.25, 0.3) is 0 Å². The van der Waals surface area contributed by atoms with Crippen molar-refractivity contribution in [3.05, 3.63) is 46.7 Å². The fourth-order valence-corrected chi connectivity index (χ4v) is 2.16. The van der Waals surface area contributed by atoms with E-state index in [-0.39, 0.29) is 0 Å². The molecular weight excluding hydrogens is 263 g/mol.